The molecular formula is C11H14O. The van der Waals surface area contributed by atoms with Gasteiger partial charge in [-0.15, -0.1) is 0 Å². The van der Waals surface area contributed by atoms with E-state index in [1.54, 1.807) is 6.92 Å². The molecule has 0 aromatic heterocycles. The van der Waals surface area contributed by atoms with E-state index < -0.39 is 0 Å². The Morgan fingerprint density at radius 1 is 1.33 bits per heavy atom. The summed E-state index contributed by atoms with van der Waals surface area (Å²) in [6, 6.07) is 10.1. The summed E-state index contributed by atoms with van der Waals surface area (Å²) >= 11 is 0. The molecule has 0 bridgehead atoms. The largest absolute Gasteiger partial charge is 0.300 e. The van der Waals surface area contributed by atoms with Crippen molar-refractivity contribution < 1.29 is 4.79 Å². The summed E-state index contributed by atoms with van der Waals surface area (Å²) in [7, 11) is 0. The SMILES string of the molecule is CC(=O)C[C@H](C)c1ccccc1. The fourth-order valence-electron chi connectivity index (χ4n) is 1.33. The zero-order chi connectivity index (χ0) is 8.97. The molecule has 0 radical (unpaired) electrons. The molecule has 0 aliphatic heterocycles. The average molecular weight is 162 g/mol. The highest BCUT2D eigenvalue weighted by Gasteiger charge is 2.06. The lowest BCUT2D eigenvalue weighted by atomic mass is 9.96. The van der Waals surface area contributed by atoms with Gasteiger partial charge in [-0.3, -0.25) is 0 Å². The zero-order valence-electron chi connectivity index (χ0n) is 7.58. The molecule has 0 heterocycles. The molecule has 1 aromatic rings. The van der Waals surface area contributed by atoms with Crippen LogP contribution in [0.5, 0.6) is 0 Å². The summed E-state index contributed by atoms with van der Waals surface area (Å²) in [5.74, 6) is 0.607. The van der Waals surface area contributed by atoms with Crippen LogP contribution in [0.2, 0.25) is 0 Å². The van der Waals surface area contributed by atoms with Gasteiger partial charge in [0, 0.05) is 6.42 Å². The monoisotopic (exact) mass is 162 g/mol. The number of rotatable bonds is 3. The summed E-state index contributed by atoms with van der Waals surface area (Å²) < 4.78 is 0. The van der Waals surface area contributed by atoms with Gasteiger partial charge in [0.2, 0.25) is 0 Å². The molecule has 0 unspecified atom stereocenters. The van der Waals surface area contributed by atoms with Gasteiger partial charge in [-0.25, -0.2) is 0 Å². The molecule has 1 nitrogen and oxygen atoms in total. The number of Topliss-reactive ketones (excluding diaryl/α,β-unsaturated/α-hetero) is 1. The van der Waals surface area contributed by atoms with Crippen LogP contribution in [0.25, 0.3) is 0 Å². The summed E-state index contributed by atoms with van der Waals surface area (Å²) in [6.45, 7) is 3.72. The highest BCUT2D eigenvalue weighted by atomic mass is 16.1. The van der Waals surface area contributed by atoms with E-state index in [1.807, 2.05) is 18.2 Å². The molecule has 0 saturated heterocycles. The van der Waals surface area contributed by atoms with Crippen LogP contribution in [0.3, 0.4) is 0 Å². The molecule has 1 rings (SSSR count). The average Bonchev–Trinajstić information content (AvgIpc) is 2.05. The third-order valence-corrected chi connectivity index (χ3v) is 1.96. The van der Waals surface area contributed by atoms with Gasteiger partial charge >= 0.3 is 0 Å². The van der Waals surface area contributed by atoms with Crippen molar-refractivity contribution in [3.63, 3.8) is 0 Å². The molecular weight excluding hydrogens is 148 g/mol. The second-order valence-electron chi connectivity index (χ2n) is 3.22. The third kappa shape index (κ3) is 2.50. The van der Waals surface area contributed by atoms with Crippen molar-refractivity contribution >= 4 is 5.78 Å². The van der Waals surface area contributed by atoms with E-state index in [4.69, 9.17) is 0 Å². The number of hydrogen-bond acceptors (Lipinski definition) is 1. The smallest absolute Gasteiger partial charge is 0.130 e. The van der Waals surface area contributed by atoms with Crippen molar-refractivity contribution in [3.05, 3.63) is 35.9 Å². The minimum atomic E-state index is 0.256. The van der Waals surface area contributed by atoms with Gasteiger partial charge in [0.25, 0.3) is 0 Å². The van der Waals surface area contributed by atoms with E-state index in [2.05, 4.69) is 19.1 Å². The molecule has 0 fully saturated rings. The Bertz CT molecular complexity index is 251. The first-order valence-electron chi connectivity index (χ1n) is 4.24. The number of carbonyl (C=O) groups excluding carboxylic acids is 1. The van der Waals surface area contributed by atoms with Crippen LogP contribution in [0.4, 0.5) is 0 Å². The number of hydrogen-bond donors (Lipinski definition) is 0. The predicted molar refractivity (Wildman–Crippen MR) is 50.2 cm³/mol. The van der Waals surface area contributed by atoms with Gasteiger partial charge in [0.15, 0.2) is 0 Å². The molecule has 1 heteroatoms. The molecule has 0 aliphatic carbocycles. The Morgan fingerprint density at radius 3 is 2.42 bits per heavy atom. The second kappa shape index (κ2) is 4.05. The molecule has 12 heavy (non-hydrogen) atoms. The summed E-state index contributed by atoms with van der Waals surface area (Å²) in [5.41, 5.74) is 1.24. The van der Waals surface area contributed by atoms with E-state index in [-0.39, 0.29) is 5.78 Å². The van der Waals surface area contributed by atoms with Crippen LogP contribution < -0.4 is 0 Å². The van der Waals surface area contributed by atoms with Crippen LogP contribution in [-0.4, -0.2) is 5.78 Å². The summed E-state index contributed by atoms with van der Waals surface area (Å²) in [4.78, 5) is 10.8. The van der Waals surface area contributed by atoms with E-state index >= 15 is 0 Å². The van der Waals surface area contributed by atoms with Crippen molar-refractivity contribution in [2.75, 3.05) is 0 Å². The standard InChI is InChI=1S/C11H14O/c1-9(8-10(2)12)11-6-4-3-5-7-11/h3-7,9H,8H2,1-2H3/t9-/m0/s1. The Labute approximate surface area is 73.4 Å². The maximum atomic E-state index is 10.8. The predicted octanol–water partition coefficient (Wildman–Crippen LogP) is 2.77. The van der Waals surface area contributed by atoms with Gasteiger partial charge in [-0.05, 0) is 18.4 Å². The first-order chi connectivity index (χ1) is 5.70. The quantitative estimate of drug-likeness (QED) is 0.668. The van der Waals surface area contributed by atoms with Gasteiger partial charge < -0.3 is 4.79 Å². The lowest BCUT2D eigenvalue weighted by molar-refractivity contribution is -0.117. The Morgan fingerprint density at radius 2 is 1.92 bits per heavy atom. The first kappa shape index (κ1) is 8.98. The minimum Gasteiger partial charge on any atom is -0.300 e. The second-order valence-corrected chi connectivity index (χ2v) is 3.22. The van der Waals surface area contributed by atoms with Gasteiger partial charge in [-0.1, -0.05) is 37.3 Å². The van der Waals surface area contributed by atoms with Crippen molar-refractivity contribution in [2.24, 2.45) is 0 Å². The van der Waals surface area contributed by atoms with Crippen molar-refractivity contribution in [1.29, 1.82) is 0 Å². The lowest BCUT2D eigenvalue weighted by Gasteiger charge is -2.08. The molecule has 64 valence electrons. The number of benzene rings is 1. The Kier molecular flexibility index (Phi) is 3.03. The van der Waals surface area contributed by atoms with Gasteiger partial charge in [0.1, 0.15) is 5.78 Å². The lowest BCUT2D eigenvalue weighted by Crippen LogP contribution is -1.99. The van der Waals surface area contributed by atoms with Crippen LogP contribution in [0.1, 0.15) is 31.7 Å². The fraction of sp³-hybridized carbons (Fsp3) is 0.364. The molecule has 0 N–H and O–H groups in total. The van der Waals surface area contributed by atoms with Crippen LogP contribution in [0.15, 0.2) is 30.3 Å². The normalized spacial score (nSPS) is 12.5. The molecule has 0 amide bonds. The van der Waals surface area contributed by atoms with E-state index in [9.17, 15) is 4.79 Å². The Balaban J connectivity index is 2.65. The zero-order valence-corrected chi connectivity index (χ0v) is 7.58. The highest BCUT2D eigenvalue weighted by molar-refractivity contribution is 5.76. The van der Waals surface area contributed by atoms with E-state index in [1.165, 1.54) is 5.56 Å². The molecule has 1 aromatic carbocycles. The van der Waals surface area contributed by atoms with Crippen LogP contribution in [-0.2, 0) is 4.79 Å². The topological polar surface area (TPSA) is 17.1 Å². The molecule has 1 atom stereocenters. The van der Waals surface area contributed by atoms with Crippen LogP contribution >= 0.6 is 0 Å². The number of carbonyl (C=O) groups is 1. The van der Waals surface area contributed by atoms with Crippen molar-refractivity contribution in [3.8, 4) is 0 Å². The minimum absolute atomic E-state index is 0.256. The maximum absolute atomic E-state index is 10.8. The third-order valence-electron chi connectivity index (χ3n) is 1.96. The maximum Gasteiger partial charge on any atom is 0.130 e. The summed E-state index contributed by atoms with van der Waals surface area (Å²) in [6.07, 6.45) is 0.643. The molecule has 0 aliphatic rings. The Hall–Kier alpha value is -1.11. The highest BCUT2D eigenvalue weighted by Crippen LogP contribution is 2.18. The van der Waals surface area contributed by atoms with Gasteiger partial charge in [-0.2, -0.15) is 0 Å². The molecule has 0 saturated carbocycles. The van der Waals surface area contributed by atoms with Gasteiger partial charge in [0.05, 0.1) is 0 Å². The number of ketones is 1. The molecule has 0 spiro atoms. The summed E-state index contributed by atoms with van der Waals surface area (Å²) in [5, 5.41) is 0. The van der Waals surface area contributed by atoms with Crippen LogP contribution in [0, 0.1) is 0 Å². The van der Waals surface area contributed by atoms with E-state index in [0.717, 1.165) is 0 Å². The van der Waals surface area contributed by atoms with Crippen molar-refractivity contribution in [2.45, 2.75) is 26.2 Å². The van der Waals surface area contributed by atoms with Crippen molar-refractivity contribution in [1.82, 2.24) is 0 Å². The fourth-order valence-corrected chi connectivity index (χ4v) is 1.33. The van der Waals surface area contributed by atoms with E-state index in [0.29, 0.717) is 12.3 Å². The first-order valence-corrected chi connectivity index (χ1v) is 4.24.